The van der Waals surface area contributed by atoms with Gasteiger partial charge in [-0.3, -0.25) is 4.79 Å². The maximum atomic E-state index is 12.5. The normalized spacial score (nSPS) is 11.3. The van der Waals surface area contributed by atoms with Gasteiger partial charge in [0.2, 0.25) is 0 Å². The number of aryl methyl sites for hydroxylation is 1. The highest BCUT2D eigenvalue weighted by Crippen LogP contribution is 2.29. The van der Waals surface area contributed by atoms with Crippen LogP contribution in [0.4, 0.5) is 0 Å². The molecule has 7 nitrogen and oxygen atoms in total. The molecule has 0 saturated carbocycles. The van der Waals surface area contributed by atoms with Crippen molar-refractivity contribution in [2.45, 2.75) is 13.2 Å². The number of para-hydroxylation sites is 1. The fourth-order valence-corrected chi connectivity index (χ4v) is 3.01. The molecule has 0 spiro atoms. The van der Waals surface area contributed by atoms with Gasteiger partial charge in [0.15, 0.2) is 11.9 Å². The summed E-state index contributed by atoms with van der Waals surface area (Å²) in [6.45, 7) is 2.03. The fourth-order valence-electron chi connectivity index (χ4n) is 2.65. The molecule has 3 rings (SSSR count). The van der Waals surface area contributed by atoms with E-state index in [4.69, 9.17) is 21.1 Å². The number of carbonyl (C=O) groups excluding carboxylic acids is 1. The van der Waals surface area contributed by atoms with Gasteiger partial charge < -0.3 is 14.8 Å². The summed E-state index contributed by atoms with van der Waals surface area (Å²) in [5.41, 5.74) is 2.44. The van der Waals surface area contributed by atoms with E-state index in [9.17, 15) is 4.79 Å². The van der Waals surface area contributed by atoms with Crippen molar-refractivity contribution >= 4 is 28.5 Å². The molecule has 1 N–H and O–H groups in total. The molecule has 0 fully saturated rings. The summed E-state index contributed by atoms with van der Waals surface area (Å²) in [5.74, 6) is -0.352. The highest BCUT2D eigenvalue weighted by Gasteiger charge is 2.20. The third-order valence-electron chi connectivity index (χ3n) is 4.01. The Kier molecular flexibility index (Phi) is 5.51. The molecule has 0 aliphatic heterocycles. The Hall–Kier alpha value is -2.48. The van der Waals surface area contributed by atoms with Gasteiger partial charge >= 0.3 is 0 Å². The van der Waals surface area contributed by atoms with Gasteiger partial charge in [-0.2, -0.15) is 5.10 Å². The third kappa shape index (κ3) is 3.41. The maximum Gasteiger partial charge on any atom is 0.254 e. The summed E-state index contributed by atoms with van der Waals surface area (Å²) >= 11 is 6.51. The molecular formula is C18H19ClN4O3. The number of carbonyl (C=O) groups is 1. The van der Waals surface area contributed by atoms with E-state index >= 15 is 0 Å². The number of methoxy groups -OCH3 is 2. The highest BCUT2D eigenvalue weighted by molar-refractivity contribution is 6.38. The topological polar surface area (TPSA) is 78.3 Å². The van der Waals surface area contributed by atoms with E-state index in [1.165, 1.54) is 20.4 Å². The number of nitrogens with zero attached hydrogens (tertiary/aromatic N) is 3. The molecule has 0 radical (unpaired) electrons. The summed E-state index contributed by atoms with van der Waals surface area (Å²) in [6, 6.07) is 9.63. The molecule has 0 bridgehead atoms. The van der Waals surface area contributed by atoms with Gasteiger partial charge in [-0.05, 0) is 19.1 Å². The highest BCUT2D eigenvalue weighted by atomic mass is 35.5. The lowest BCUT2D eigenvalue weighted by molar-refractivity contribution is -0.0974. The average Bonchev–Trinajstić information content (AvgIpc) is 3.01. The summed E-state index contributed by atoms with van der Waals surface area (Å²) in [5, 5.41) is 8.21. The predicted molar refractivity (Wildman–Crippen MR) is 98.8 cm³/mol. The average molecular weight is 375 g/mol. The Morgan fingerprint density at radius 2 is 1.96 bits per heavy atom. The van der Waals surface area contributed by atoms with E-state index in [1.54, 1.807) is 4.68 Å². The van der Waals surface area contributed by atoms with Crippen molar-refractivity contribution in [1.29, 1.82) is 0 Å². The second-order valence-electron chi connectivity index (χ2n) is 5.63. The van der Waals surface area contributed by atoms with Crippen molar-refractivity contribution < 1.29 is 14.3 Å². The number of benzene rings is 1. The predicted octanol–water partition coefficient (Wildman–Crippen LogP) is 2.73. The van der Waals surface area contributed by atoms with Crippen LogP contribution in [0.5, 0.6) is 0 Å². The van der Waals surface area contributed by atoms with Crippen molar-refractivity contribution in [2.75, 3.05) is 20.8 Å². The van der Waals surface area contributed by atoms with Crippen LogP contribution in [-0.4, -0.2) is 47.7 Å². The quantitative estimate of drug-likeness (QED) is 0.671. The lowest BCUT2D eigenvalue weighted by atomic mass is 10.2. The first-order valence-electron chi connectivity index (χ1n) is 7.99. The number of rotatable bonds is 6. The summed E-state index contributed by atoms with van der Waals surface area (Å²) in [6.07, 6.45) is 0.923. The summed E-state index contributed by atoms with van der Waals surface area (Å²) < 4.78 is 11.8. The number of hydrogen-bond donors (Lipinski definition) is 1. The van der Waals surface area contributed by atoms with Gasteiger partial charge in [0.1, 0.15) is 0 Å². The molecule has 0 unspecified atom stereocenters. The molecule has 2 heterocycles. The van der Waals surface area contributed by atoms with Crippen LogP contribution in [-0.2, 0) is 9.47 Å². The smallest absolute Gasteiger partial charge is 0.254 e. The van der Waals surface area contributed by atoms with Crippen molar-refractivity contribution in [1.82, 2.24) is 20.1 Å². The van der Waals surface area contributed by atoms with Crippen LogP contribution in [0.3, 0.4) is 0 Å². The zero-order valence-corrected chi connectivity index (χ0v) is 15.4. The second kappa shape index (κ2) is 7.82. The molecule has 8 heteroatoms. The fraction of sp³-hybridized carbons (Fsp3) is 0.278. The van der Waals surface area contributed by atoms with Crippen molar-refractivity contribution in [3.63, 3.8) is 0 Å². The van der Waals surface area contributed by atoms with E-state index in [0.717, 1.165) is 5.69 Å². The van der Waals surface area contributed by atoms with Crippen molar-refractivity contribution in [3.8, 4) is 5.69 Å². The van der Waals surface area contributed by atoms with Crippen LogP contribution >= 0.6 is 11.6 Å². The van der Waals surface area contributed by atoms with Crippen molar-refractivity contribution in [3.05, 3.63) is 52.8 Å². The molecular weight excluding hydrogens is 356 g/mol. The van der Waals surface area contributed by atoms with Gasteiger partial charge in [0, 0.05) is 20.4 Å². The number of hydrogen-bond acceptors (Lipinski definition) is 5. The largest absolute Gasteiger partial charge is 0.354 e. The minimum Gasteiger partial charge on any atom is -0.354 e. The van der Waals surface area contributed by atoms with Gasteiger partial charge in [0.05, 0.1) is 33.9 Å². The number of pyridine rings is 1. The Morgan fingerprint density at radius 3 is 2.62 bits per heavy atom. The van der Waals surface area contributed by atoms with Gasteiger partial charge in [-0.1, -0.05) is 29.8 Å². The van der Waals surface area contributed by atoms with E-state index in [0.29, 0.717) is 21.7 Å². The van der Waals surface area contributed by atoms with E-state index < -0.39 is 6.29 Å². The van der Waals surface area contributed by atoms with Gasteiger partial charge in [-0.25, -0.2) is 9.67 Å². The molecule has 0 saturated heterocycles. The molecule has 1 aromatic carbocycles. The van der Waals surface area contributed by atoms with Gasteiger partial charge in [-0.15, -0.1) is 0 Å². The molecule has 1 amide bonds. The molecule has 3 aromatic rings. The number of fused-ring (bicyclic) bond motifs is 1. The third-order valence-corrected chi connectivity index (χ3v) is 4.40. The second-order valence-corrected chi connectivity index (χ2v) is 6.01. The first-order chi connectivity index (χ1) is 12.6. The number of aromatic nitrogens is 3. The zero-order valence-electron chi connectivity index (χ0n) is 14.7. The van der Waals surface area contributed by atoms with Crippen LogP contribution in [0, 0.1) is 6.92 Å². The number of ether oxygens (including phenoxy) is 2. The Bertz CT molecular complexity index is 923. The lowest BCUT2D eigenvalue weighted by Gasteiger charge is -2.14. The molecule has 2 aromatic heterocycles. The first-order valence-corrected chi connectivity index (χ1v) is 8.37. The molecule has 136 valence electrons. The van der Waals surface area contributed by atoms with Crippen LogP contribution in [0.2, 0.25) is 5.02 Å². The maximum absolute atomic E-state index is 12.5. The zero-order chi connectivity index (χ0) is 18.7. The lowest BCUT2D eigenvalue weighted by Crippen LogP contribution is -2.34. The standard InChI is InChI=1S/C18H19ClN4O3/c1-11-15-16(19)13(18(24)21-10-14(25-2)26-3)9-20-17(15)23(22-11)12-7-5-4-6-8-12/h4-9,14H,10H2,1-3H3,(H,21,24). The van der Waals surface area contributed by atoms with Crippen LogP contribution in [0.25, 0.3) is 16.7 Å². The first kappa shape index (κ1) is 18.3. The minimum atomic E-state index is -0.531. The molecule has 0 aliphatic carbocycles. The van der Waals surface area contributed by atoms with E-state index in [-0.39, 0.29) is 18.0 Å². The van der Waals surface area contributed by atoms with E-state index in [2.05, 4.69) is 15.4 Å². The molecule has 26 heavy (non-hydrogen) atoms. The van der Waals surface area contributed by atoms with Crippen LogP contribution < -0.4 is 5.32 Å². The monoisotopic (exact) mass is 374 g/mol. The van der Waals surface area contributed by atoms with Gasteiger partial charge in [0.25, 0.3) is 5.91 Å². The Morgan fingerprint density at radius 1 is 1.27 bits per heavy atom. The number of amides is 1. The molecule has 0 atom stereocenters. The number of halogens is 1. The number of nitrogens with one attached hydrogen (secondary N) is 1. The Balaban J connectivity index is 1.97. The van der Waals surface area contributed by atoms with Crippen LogP contribution in [0.15, 0.2) is 36.5 Å². The molecule has 0 aliphatic rings. The Labute approximate surface area is 155 Å². The van der Waals surface area contributed by atoms with E-state index in [1.807, 2.05) is 37.3 Å². The summed E-state index contributed by atoms with van der Waals surface area (Å²) in [4.78, 5) is 16.9. The van der Waals surface area contributed by atoms with Crippen LogP contribution in [0.1, 0.15) is 16.1 Å². The van der Waals surface area contributed by atoms with Crippen molar-refractivity contribution in [2.24, 2.45) is 0 Å². The SMILES string of the molecule is COC(CNC(=O)c1cnc2c(c(C)nn2-c2ccccc2)c1Cl)OC. The minimum absolute atomic E-state index is 0.197. The summed E-state index contributed by atoms with van der Waals surface area (Å²) in [7, 11) is 3.00.